The number of nitrogens with zero attached hydrogens (tertiary/aromatic N) is 5. The number of nitrogens with one attached hydrogen (secondary N) is 2. The number of anilines is 2. The van der Waals surface area contributed by atoms with E-state index in [2.05, 4.69) is 39.8 Å². The van der Waals surface area contributed by atoms with Gasteiger partial charge in [-0.05, 0) is 78.6 Å². The van der Waals surface area contributed by atoms with Gasteiger partial charge in [0.25, 0.3) is 11.9 Å². The quantitative estimate of drug-likeness (QED) is 0.410. The molecule has 3 amide bonds. The molecule has 9 nitrogen and oxygen atoms in total. The van der Waals surface area contributed by atoms with E-state index in [0.717, 1.165) is 31.2 Å². The highest BCUT2D eigenvalue weighted by Gasteiger charge is 2.51. The average molecular weight is 542 g/mol. The number of carbonyl (C=O) groups is 2. The third-order valence-electron chi connectivity index (χ3n) is 7.72. The van der Waals surface area contributed by atoms with Gasteiger partial charge >= 0.3 is 6.03 Å². The average Bonchev–Trinajstić information content (AvgIpc) is 3.49. The molecule has 1 aliphatic carbocycles. The van der Waals surface area contributed by atoms with Crippen LogP contribution in [-0.2, 0) is 6.54 Å². The Morgan fingerprint density at radius 2 is 1.89 bits per heavy atom. The van der Waals surface area contributed by atoms with Gasteiger partial charge in [0.1, 0.15) is 0 Å². The van der Waals surface area contributed by atoms with Gasteiger partial charge in [-0.25, -0.2) is 4.79 Å². The molecule has 11 heteroatoms. The first-order valence-electron chi connectivity index (χ1n) is 12.4. The Kier molecular flexibility index (Phi) is 7.09. The van der Waals surface area contributed by atoms with Gasteiger partial charge in [-0.15, -0.1) is 5.10 Å². The van der Waals surface area contributed by atoms with Crippen LogP contribution >= 0.6 is 23.2 Å². The second-order valence-corrected chi connectivity index (χ2v) is 11.1. The number of rotatable bonds is 6. The van der Waals surface area contributed by atoms with Crippen molar-refractivity contribution in [1.82, 2.24) is 25.5 Å². The molecule has 2 aliphatic rings. The molecule has 0 unspecified atom stereocenters. The Labute approximate surface area is 225 Å². The fourth-order valence-corrected chi connectivity index (χ4v) is 5.90. The van der Waals surface area contributed by atoms with Gasteiger partial charge in [0, 0.05) is 17.1 Å². The number of aromatic amines is 1. The van der Waals surface area contributed by atoms with E-state index in [1.165, 1.54) is 0 Å². The summed E-state index contributed by atoms with van der Waals surface area (Å²) in [4.78, 5) is 30.1. The Hall–Kier alpha value is -3.17. The Balaban J connectivity index is 1.39. The summed E-state index contributed by atoms with van der Waals surface area (Å²) in [5.74, 6) is 1.04. The van der Waals surface area contributed by atoms with Crippen LogP contribution in [0.25, 0.3) is 0 Å². The van der Waals surface area contributed by atoms with Crippen molar-refractivity contribution < 1.29 is 9.59 Å². The van der Waals surface area contributed by atoms with Gasteiger partial charge in [0.15, 0.2) is 0 Å². The second kappa shape index (κ2) is 10.3. The summed E-state index contributed by atoms with van der Waals surface area (Å²) >= 11 is 12.8. The highest BCUT2D eigenvalue weighted by Crippen LogP contribution is 2.46. The van der Waals surface area contributed by atoms with Crippen molar-refractivity contribution in [1.29, 1.82) is 0 Å². The summed E-state index contributed by atoms with van der Waals surface area (Å²) in [7, 11) is 0. The van der Waals surface area contributed by atoms with Crippen LogP contribution in [0.15, 0.2) is 42.5 Å². The molecule has 194 valence electrons. The topological polar surface area (TPSA) is 107 Å². The minimum atomic E-state index is -0.338. The summed E-state index contributed by atoms with van der Waals surface area (Å²) < 4.78 is 0. The van der Waals surface area contributed by atoms with Crippen LogP contribution in [0, 0.1) is 11.8 Å². The first-order valence-corrected chi connectivity index (χ1v) is 13.2. The van der Waals surface area contributed by atoms with Gasteiger partial charge < -0.3 is 4.90 Å². The predicted molar refractivity (Wildman–Crippen MR) is 143 cm³/mol. The molecule has 0 bridgehead atoms. The van der Waals surface area contributed by atoms with Crippen LogP contribution in [0.2, 0.25) is 10.0 Å². The number of amides is 3. The zero-order valence-electron chi connectivity index (χ0n) is 20.7. The molecule has 0 atom stereocenters. The summed E-state index contributed by atoms with van der Waals surface area (Å²) in [5.41, 5.74) is 1.75. The van der Waals surface area contributed by atoms with Crippen molar-refractivity contribution in [2.24, 2.45) is 11.8 Å². The molecule has 1 aromatic heterocycles. The largest absolute Gasteiger partial charge is 0.325 e. The Bertz CT molecular complexity index is 1270. The van der Waals surface area contributed by atoms with Gasteiger partial charge in [-0.2, -0.15) is 5.21 Å². The zero-order valence-corrected chi connectivity index (χ0v) is 22.3. The summed E-state index contributed by atoms with van der Waals surface area (Å²) in [5, 5.41) is 16.8. The number of urea groups is 1. The molecule has 5 rings (SSSR count). The fraction of sp³-hybridized carbons (Fsp3) is 0.423. The summed E-state index contributed by atoms with van der Waals surface area (Å²) in [6, 6.07) is 12.4. The van der Waals surface area contributed by atoms with Gasteiger partial charge in [0.2, 0.25) is 0 Å². The van der Waals surface area contributed by atoms with Crippen molar-refractivity contribution in [2.75, 3.05) is 16.8 Å². The number of tetrazole rings is 1. The highest BCUT2D eigenvalue weighted by atomic mass is 35.5. The maximum Gasteiger partial charge on any atom is 0.325 e. The minimum Gasteiger partial charge on any atom is -0.313 e. The van der Waals surface area contributed by atoms with Crippen molar-refractivity contribution >= 4 is 46.8 Å². The van der Waals surface area contributed by atoms with Crippen LogP contribution in [0.3, 0.4) is 0 Å². The number of hydrogen-bond donors (Lipinski definition) is 2. The lowest BCUT2D eigenvalue weighted by molar-refractivity contribution is 0.0843. The van der Waals surface area contributed by atoms with E-state index in [0.29, 0.717) is 46.2 Å². The molecule has 2 aromatic carbocycles. The van der Waals surface area contributed by atoms with Crippen LogP contribution in [0.1, 0.15) is 55.5 Å². The second-order valence-electron chi connectivity index (χ2n) is 10.2. The molecular formula is C26H29Cl2N7O2. The lowest BCUT2D eigenvalue weighted by atomic mass is 9.72. The fourth-order valence-electron chi connectivity index (χ4n) is 5.52. The van der Waals surface area contributed by atoms with Gasteiger partial charge in [-0.1, -0.05) is 54.3 Å². The van der Waals surface area contributed by atoms with Crippen LogP contribution < -0.4 is 10.2 Å². The maximum atomic E-state index is 13.9. The summed E-state index contributed by atoms with van der Waals surface area (Å²) in [6.07, 6.45) is 4.02. The third-order valence-corrected chi connectivity index (χ3v) is 8.27. The van der Waals surface area contributed by atoms with E-state index in [1.54, 1.807) is 35.2 Å². The maximum absolute atomic E-state index is 13.9. The van der Waals surface area contributed by atoms with Crippen LogP contribution in [0.5, 0.6) is 0 Å². The van der Waals surface area contributed by atoms with Gasteiger partial charge in [0.05, 0.1) is 22.8 Å². The van der Waals surface area contributed by atoms with Gasteiger partial charge in [-0.3, -0.25) is 15.0 Å². The Morgan fingerprint density at radius 1 is 1.16 bits per heavy atom. The molecule has 2 N–H and O–H groups in total. The number of benzene rings is 2. The normalized spacial score (nSPS) is 21.8. The van der Waals surface area contributed by atoms with E-state index in [9.17, 15) is 9.59 Å². The number of aromatic nitrogens is 4. The number of halogens is 2. The molecule has 1 saturated carbocycles. The predicted octanol–water partition coefficient (Wildman–Crippen LogP) is 5.79. The number of hydrogen-bond acceptors (Lipinski definition) is 5. The molecule has 2 heterocycles. The highest BCUT2D eigenvalue weighted by molar-refractivity contribution is 6.35. The molecule has 1 aliphatic heterocycles. The van der Waals surface area contributed by atoms with Crippen molar-refractivity contribution in [3.05, 3.63) is 63.6 Å². The lowest BCUT2D eigenvalue weighted by Crippen LogP contribution is -2.49. The first-order chi connectivity index (χ1) is 17.8. The molecule has 37 heavy (non-hydrogen) atoms. The standard InChI is InChI=1S/C26H29Cl2N7O2/c1-16(2)18-9-11-26(12-10-18)15-34(22-13-20(27)7-8-21(22)28)25(37)35(26)14-17-3-5-19(6-4-17)23(36)29-24-30-32-33-31-24/h3-8,13,16,18H,9-12,14-15H2,1-2H3,(H2,29,30,31,32,33,36). The van der Waals surface area contributed by atoms with E-state index in [-0.39, 0.29) is 23.4 Å². The van der Waals surface area contributed by atoms with E-state index in [1.807, 2.05) is 17.0 Å². The van der Waals surface area contributed by atoms with Crippen molar-refractivity contribution in [2.45, 2.75) is 51.6 Å². The van der Waals surface area contributed by atoms with E-state index >= 15 is 0 Å². The zero-order chi connectivity index (χ0) is 26.2. The first kappa shape index (κ1) is 25.5. The van der Waals surface area contributed by atoms with Crippen molar-refractivity contribution in [3.8, 4) is 0 Å². The Morgan fingerprint density at radius 3 is 2.54 bits per heavy atom. The number of carbonyl (C=O) groups excluding carboxylic acids is 2. The smallest absolute Gasteiger partial charge is 0.313 e. The van der Waals surface area contributed by atoms with Crippen LogP contribution in [-0.4, -0.2) is 49.5 Å². The minimum absolute atomic E-state index is 0.0777. The molecule has 1 spiro atoms. The molecular weight excluding hydrogens is 513 g/mol. The van der Waals surface area contributed by atoms with E-state index in [4.69, 9.17) is 23.2 Å². The lowest BCUT2D eigenvalue weighted by Gasteiger charge is -2.43. The molecule has 0 radical (unpaired) electrons. The van der Waals surface area contributed by atoms with Crippen molar-refractivity contribution in [3.63, 3.8) is 0 Å². The molecule has 2 fully saturated rings. The molecule has 3 aromatic rings. The SMILES string of the molecule is CC(C)C1CCC2(CC1)CN(c1cc(Cl)ccc1Cl)C(=O)N2Cc1ccc(C(=O)Nc2nn[nH]n2)cc1. The summed E-state index contributed by atoms with van der Waals surface area (Å²) in [6.45, 7) is 5.55. The third kappa shape index (κ3) is 5.15. The van der Waals surface area contributed by atoms with E-state index < -0.39 is 0 Å². The molecule has 1 saturated heterocycles. The number of H-pyrrole nitrogens is 1. The monoisotopic (exact) mass is 541 g/mol. The van der Waals surface area contributed by atoms with Crippen LogP contribution in [0.4, 0.5) is 16.4 Å².